The molecule has 8 nitrogen and oxygen atoms in total. The summed E-state index contributed by atoms with van der Waals surface area (Å²) in [7, 11) is -2.44. The molecule has 0 aliphatic heterocycles. The monoisotopic (exact) mass is 551 g/mol. The number of sulfonamides is 1. The Labute approximate surface area is 187 Å². The van der Waals surface area contributed by atoms with Gasteiger partial charge in [-0.3, -0.25) is 14.1 Å². The van der Waals surface area contributed by atoms with Crippen LogP contribution >= 0.6 is 22.6 Å². The van der Waals surface area contributed by atoms with Gasteiger partial charge in [0.15, 0.2) is 0 Å². The molecular weight excluding hydrogens is 528 g/mol. The van der Waals surface area contributed by atoms with Crippen molar-refractivity contribution in [2.24, 2.45) is 0 Å². The molecule has 0 unspecified atom stereocenters. The van der Waals surface area contributed by atoms with Gasteiger partial charge in [-0.1, -0.05) is 0 Å². The minimum atomic E-state index is -3.86. The van der Waals surface area contributed by atoms with Crippen molar-refractivity contribution in [1.29, 1.82) is 0 Å². The first-order valence-corrected chi connectivity index (χ1v) is 11.8. The van der Waals surface area contributed by atoms with Crippen molar-refractivity contribution in [3.8, 4) is 0 Å². The topological polar surface area (TPSA) is 110 Å². The number of benzene rings is 1. The third-order valence-electron chi connectivity index (χ3n) is 5.16. The predicted molar refractivity (Wildman–Crippen MR) is 121 cm³/mol. The molecular formula is C19H23FIN3O5S. The Morgan fingerprint density at radius 1 is 1.33 bits per heavy atom. The van der Waals surface area contributed by atoms with Crippen LogP contribution in [0.15, 0.2) is 29.2 Å². The number of ether oxygens (including phenoxy) is 1. The lowest BCUT2D eigenvalue weighted by Gasteiger charge is -2.22. The molecule has 3 rings (SSSR count). The van der Waals surface area contributed by atoms with Crippen molar-refractivity contribution < 1.29 is 22.7 Å². The molecule has 1 heterocycles. The number of pyridine rings is 1. The largest absolute Gasteiger partial charge is 0.396 e. The zero-order valence-electron chi connectivity index (χ0n) is 16.5. The number of aliphatic hydroxyl groups excluding tert-OH is 1. The molecule has 3 N–H and O–H groups in total. The number of nitrogens with zero attached hydrogens (tertiary/aromatic N) is 1. The number of anilines is 3. The van der Waals surface area contributed by atoms with Gasteiger partial charge in [0.1, 0.15) is 12.5 Å². The van der Waals surface area contributed by atoms with Crippen molar-refractivity contribution in [3.63, 3.8) is 0 Å². The van der Waals surface area contributed by atoms with E-state index < -0.39 is 26.1 Å². The molecule has 1 fully saturated rings. The highest BCUT2D eigenvalue weighted by molar-refractivity contribution is 14.1. The second-order valence-electron chi connectivity index (χ2n) is 7.25. The summed E-state index contributed by atoms with van der Waals surface area (Å²) in [5.74, 6) is -0.532. The Morgan fingerprint density at radius 3 is 2.60 bits per heavy atom. The van der Waals surface area contributed by atoms with Crippen LogP contribution in [0.5, 0.6) is 0 Å². The van der Waals surface area contributed by atoms with Crippen LogP contribution in [0.2, 0.25) is 0 Å². The Balaban J connectivity index is 2.09. The van der Waals surface area contributed by atoms with Crippen molar-refractivity contribution in [3.05, 3.63) is 49.7 Å². The van der Waals surface area contributed by atoms with Crippen molar-refractivity contribution in [2.45, 2.75) is 37.7 Å². The maximum Gasteiger partial charge on any atom is 0.257 e. The van der Waals surface area contributed by atoms with Gasteiger partial charge in [0.25, 0.3) is 5.56 Å². The summed E-state index contributed by atoms with van der Waals surface area (Å²) in [5.41, 5.74) is 0.184. The second-order valence-corrected chi connectivity index (χ2v) is 10.6. The lowest BCUT2D eigenvalue weighted by molar-refractivity contribution is 0.128. The number of hydrogen-bond donors (Lipinski definition) is 3. The number of aromatic nitrogens is 1. The van der Waals surface area contributed by atoms with Gasteiger partial charge in [-0.25, -0.2) is 12.8 Å². The third kappa shape index (κ3) is 4.48. The van der Waals surface area contributed by atoms with E-state index in [1.807, 2.05) is 22.6 Å². The van der Waals surface area contributed by atoms with Gasteiger partial charge in [-0.2, -0.15) is 0 Å². The van der Waals surface area contributed by atoms with Gasteiger partial charge in [0, 0.05) is 29.0 Å². The van der Waals surface area contributed by atoms with Gasteiger partial charge >= 0.3 is 0 Å². The number of hydrogen-bond acceptors (Lipinski definition) is 6. The van der Waals surface area contributed by atoms with Crippen molar-refractivity contribution in [2.75, 3.05) is 23.8 Å². The van der Waals surface area contributed by atoms with Crippen LogP contribution in [-0.4, -0.2) is 36.6 Å². The standard InChI is InChI=1S/C19H23FIN3O5S/c1-12-17(22-15-4-3-13(21)9-14(15)20)16(10-24(11-29-2)18(12)26)23-30(27,28)19(5-6-19)7-8-25/h3-4,9-10,22-23,25H,5-8,11H2,1-2H3. The summed E-state index contributed by atoms with van der Waals surface area (Å²) in [6.45, 7) is 1.20. The molecule has 1 aromatic heterocycles. The van der Waals surface area contributed by atoms with Crippen LogP contribution in [0.4, 0.5) is 21.5 Å². The van der Waals surface area contributed by atoms with E-state index in [1.165, 1.54) is 36.9 Å². The number of halogens is 2. The van der Waals surface area contributed by atoms with Crippen molar-refractivity contribution in [1.82, 2.24) is 4.57 Å². The third-order valence-corrected chi connectivity index (χ3v) is 8.07. The van der Waals surface area contributed by atoms with Gasteiger partial charge in [0.05, 0.1) is 21.8 Å². The first kappa shape index (κ1) is 23.0. The van der Waals surface area contributed by atoms with Crippen LogP contribution in [0.25, 0.3) is 0 Å². The fourth-order valence-electron chi connectivity index (χ4n) is 3.25. The highest BCUT2D eigenvalue weighted by Crippen LogP contribution is 2.47. The van der Waals surface area contributed by atoms with E-state index in [9.17, 15) is 22.7 Å². The Morgan fingerprint density at radius 2 is 2.03 bits per heavy atom. The Kier molecular flexibility index (Phi) is 6.75. The summed E-state index contributed by atoms with van der Waals surface area (Å²) in [6.07, 6.45) is 2.33. The Hall–Kier alpha value is -1.70. The molecule has 1 aliphatic rings. The molecule has 0 atom stereocenters. The molecule has 0 bridgehead atoms. The van der Waals surface area contributed by atoms with E-state index >= 15 is 0 Å². The molecule has 30 heavy (non-hydrogen) atoms. The van der Waals surface area contributed by atoms with Gasteiger partial charge in [0.2, 0.25) is 10.0 Å². The molecule has 2 aromatic rings. The summed E-state index contributed by atoms with van der Waals surface area (Å²) in [6, 6.07) is 4.54. The van der Waals surface area contributed by atoms with E-state index in [0.717, 1.165) is 0 Å². The minimum absolute atomic E-state index is 0.0750. The maximum atomic E-state index is 14.4. The van der Waals surface area contributed by atoms with E-state index in [0.29, 0.717) is 16.4 Å². The quantitative estimate of drug-likeness (QED) is 0.414. The van der Waals surface area contributed by atoms with E-state index in [4.69, 9.17) is 4.74 Å². The first-order valence-electron chi connectivity index (χ1n) is 9.22. The molecule has 164 valence electrons. The fraction of sp³-hybridized carbons (Fsp3) is 0.421. The normalized spacial score (nSPS) is 15.1. The first-order chi connectivity index (χ1) is 14.1. The summed E-state index contributed by atoms with van der Waals surface area (Å²) in [5, 5.41) is 12.1. The molecule has 0 spiro atoms. The number of rotatable bonds is 9. The average Bonchev–Trinajstić information content (AvgIpc) is 3.46. The van der Waals surface area contributed by atoms with Crippen molar-refractivity contribution >= 4 is 49.7 Å². The zero-order chi connectivity index (χ0) is 22.1. The maximum absolute atomic E-state index is 14.4. The Bertz CT molecular complexity index is 1120. The SMILES string of the molecule is COCn1cc(NS(=O)(=O)C2(CCO)CC2)c(Nc2ccc(I)cc2F)c(C)c1=O. The van der Waals surface area contributed by atoms with E-state index in [-0.39, 0.29) is 42.4 Å². The smallest absolute Gasteiger partial charge is 0.257 e. The van der Waals surface area contributed by atoms with Crippen LogP contribution in [0, 0.1) is 16.3 Å². The summed E-state index contributed by atoms with van der Waals surface area (Å²) in [4.78, 5) is 12.7. The molecule has 0 saturated heterocycles. The number of methoxy groups -OCH3 is 1. The summed E-state index contributed by atoms with van der Waals surface area (Å²) >= 11 is 1.98. The molecule has 0 amide bonds. The number of nitrogens with one attached hydrogen (secondary N) is 2. The van der Waals surface area contributed by atoms with Gasteiger partial charge < -0.3 is 15.2 Å². The highest BCUT2D eigenvalue weighted by atomic mass is 127. The van der Waals surface area contributed by atoms with E-state index in [1.54, 1.807) is 6.07 Å². The van der Waals surface area contributed by atoms with Crippen LogP contribution in [-0.2, 0) is 21.5 Å². The van der Waals surface area contributed by atoms with Gasteiger partial charge in [-0.15, -0.1) is 0 Å². The van der Waals surface area contributed by atoms with Crippen LogP contribution < -0.4 is 15.6 Å². The molecule has 0 radical (unpaired) electrons. The number of aliphatic hydroxyl groups is 1. The van der Waals surface area contributed by atoms with Crippen LogP contribution in [0.3, 0.4) is 0 Å². The lowest BCUT2D eigenvalue weighted by Crippen LogP contribution is -2.32. The average molecular weight is 551 g/mol. The molecule has 1 saturated carbocycles. The highest BCUT2D eigenvalue weighted by Gasteiger charge is 2.54. The summed E-state index contributed by atoms with van der Waals surface area (Å²) < 4.78 is 48.9. The van der Waals surface area contributed by atoms with Gasteiger partial charge in [-0.05, 0) is 67.0 Å². The fourth-order valence-corrected chi connectivity index (χ4v) is 5.37. The minimum Gasteiger partial charge on any atom is -0.396 e. The van der Waals surface area contributed by atoms with Crippen LogP contribution in [0.1, 0.15) is 24.8 Å². The zero-order valence-corrected chi connectivity index (χ0v) is 19.5. The molecule has 1 aliphatic carbocycles. The van der Waals surface area contributed by atoms with E-state index in [2.05, 4.69) is 10.0 Å². The second kappa shape index (κ2) is 8.81. The molecule has 11 heteroatoms. The lowest BCUT2D eigenvalue weighted by atomic mass is 10.2. The molecule has 1 aromatic carbocycles. The predicted octanol–water partition coefficient (Wildman–Crippen LogP) is 2.90.